The smallest absolute Gasteiger partial charge is 0.407 e. The molecule has 0 aromatic rings. The molecule has 0 aromatic carbocycles. The largest absolute Gasteiger partial charge is 0.460 e. The van der Waals surface area contributed by atoms with E-state index in [1.807, 2.05) is 34.6 Å². The molecule has 0 saturated carbocycles. The van der Waals surface area contributed by atoms with Gasteiger partial charge in [0.25, 0.3) is 0 Å². The van der Waals surface area contributed by atoms with E-state index in [9.17, 15) is 14.4 Å². The minimum Gasteiger partial charge on any atom is -0.460 e. The number of esters is 2. The van der Waals surface area contributed by atoms with Crippen molar-refractivity contribution in [1.82, 2.24) is 5.32 Å². The quantitative estimate of drug-likeness (QED) is 0.266. The molecule has 0 atom stereocenters. The number of carbonyl (C=O) groups is 3. The van der Waals surface area contributed by atoms with Gasteiger partial charge in [0, 0.05) is 17.1 Å². The Bertz CT molecular complexity index is 510. The lowest BCUT2D eigenvalue weighted by Gasteiger charge is -2.28. The number of rotatable bonds is 10. The molecule has 0 aliphatic carbocycles. The molecular formula is C18H31NO6S. The Morgan fingerprint density at radius 1 is 1.04 bits per heavy atom. The minimum absolute atomic E-state index is 0.0552. The summed E-state index contributed by atoms with van der Waals surface area (Å²) in [6.45, 7) is 14.6. The second-order valence-corrected chi connectivity index (χ2v) is 8.52. The first kappa shape index (κ1) is 24.3. The van der Waals surface area contributed by atoms with Crippen molar-refractivity contribution in [3.05, 3.63) is 12.2 Å². The van der Waals surface area contributed by atoms with Crippen molar-refractivity contribution in [2.45, 2.75) is 47.1 Å². The minimum atomic E-state index is -0.618. The van der Waals surface area contributed by atoms with Gasteiger partial charge in [-0.25, -0.2) is 9.59 Å². The van der Waals surface area contributed by atoms with Gasteiger partial charge in [-0.1, -0.05) is 6.58 Å². The van der Waals surface area contributed by atoms with E-state index >= 15 is 0 Å². The van der Waals surface area contributed by atoms with E-state index in [4.69, 9.17) is 14.2 Å². The van der Waals surface area contributed by atoms with Gasteiger partial charge in [0.2, 0.25) is 0 Å². The summed E-state index contributed by atoms with van der Waals surface area (Å²) in [5.74, 6) is 0.373. The number of ether oxygens (including phenoxy) is 3. The lowest BCUT2D eigenvalue weighted by molar-refractivity contribution is -0.164. The molecule has 0 aromatic heterocycles. The lowest BCUT2D eigenvalue weighted by atomic mass is 9.96. The highest BCUT2D eigenvalue weighted by molar-refractivity contribution is 7.99. The molecule has 0 saturated heterocycles. The van der Waals surface area contributed by atoms with Gasteiger partial charge in [0.15, 0.2) is 0 Å². The maximum Gasteiger partial charge on any atom is 0.407 e. The average molecular weight is 390 g/mol. The van der Waals surface area contributed by atoms with Gasteiger partial charge in [-0.15, -0.1) is 0 Å². The van der Waals surface area contributed by atoms with Crippen molar-refractivity contribution < 1.29 is 28.6 Å². The zero-order valence-electron chi connectivity index (χ0n) is 16.6. The van der Waals surface area contributed by atoms with Crippen LogP contribution in [-0.2, 0) is 23.8 Å². The normalized spacial score (nSPS) is 11.5. The summed E-state index contributed by atoms with van der Waals surface area (Å²) in [7, 11) is 0. The third-order valence-electron chi connectivity index (χ3n) is 2.83. The number of nitrogens with one attached hydrogen (secondary N) is 1. The van der Waals surface area contributed by atoms with Gasteiger partial charge < -0.3 is 19.5 Å². The van der Waals surface area contributed by atoms with Crippen molar-refractivity contribution in [3.8, 4) is 0 Å². The molecule has 0 radical (unpaired) electrons. The second-order valence-electron chi connectivity index (χ2n) is 7.42. The van der Waals surface area contributed by atoms with E-state index in [2.05, 4.69) is 11.9 Å². The molecule has 0 aliphatic rings. The lowest BCUT2D eigenvalue weighted by Crippen LogP contribution is -2.35. The summed E-state index contributed by atoms with van der Waals surface area (Å²) < 4.78 is 15.2. The van der Waals surface area contributed by atoms with Crippen LogP contribution in [0.4, 0.5) is 4.79 Å². The summed E-state index contributed by atoms with van der Waals surface area (Å²) in [6, 6.07) is 0. The molecule has 1 N–H and O–H groups in total. The zero-order valence-corrected chi connectivity index (χ0v) is 17.4. The summed E-state index contributed by atoms with van der Waals surface area (Å²) >= 11 is 1.51. The molecule has 7 nitrogen and oxygen atoms in total. The van der Waals surface area contributed by atoms with Crippen LogP contribution in [0.25, 0.3) is 0 Å². The number of thioether (sulfide) groups is 1. The van der Waals surface area contributed by atoms with Crippen LogP contribution in [0, 0.1) is 5.41 Å². The highest BCUT2D eigenvalue weighted by atomic mass is 32.2. The molecule has 8 heteroatoms. The highest BCUT2D eigenvalue weighted by Crippen LogP contribution is 2.26. The third kappa shape index (κ3) is 11.8. The van der Waals surface area contributed by atoms with E-state index in [1.54, 1.807) is 6.92 Å². The van der Waals surface area contributed by atoms with Crippen molar-refractivity contribution in [3.63, 3.8) is 0 Å². The molecule has 0 heterocycles. The van der Waals surface area contributed by atoms with Crippen LogP contribution in [0.3, 0.4) is 0 Å². The Morgan fingerprint density at radius 2 is 1.65 bits per heavy atom. The second kappa shape index (κ2) is 11.1. The highest BCUT2D eigenvalue weighted by Gasteiger charge is 2.32. The third-order valence-corrected chi connectivity index (χ3v) is 4.21. The van der Waals surface area contributed by atoms with Crippen LogP contribution >= 0.6 is 11.8 Å². The molecule has 26 heavy (non-hydrogen) atoms. The van der Waals surface area contributed by atoms with E-state index in [-0.39, 0.29) is 25.7 Å². The summed E-state index contributed by atoms with van der Waals surface area (Å²) in [5.41, 5.74) is -0.828. The predicted octanol–water partition coefficient (Wildman–Crippen LogP) is 2.93. The molecule has 0 rings (SSSR count). The molecule has 0 aliphatic heterocycles. The first-order chi connectivity index (χ1) is 11.8. The molecule has 0 unspecified atom stereocenters. The fourth-order valence-electron chi connectivity index (χ4n) is 1.47. The van der Waals surface area contributed by atoms with Crippen molar-refractivity contribution in [1.29, 1.82) is 0 Å². The van der Waals surface area contributed by atoms with Crippen LogP contribution in [-0.4, -0.2) is 54.9 Å². The molecule has 1 amide bonds. The molecule has 0 bridgehead atoms. The van der Waals surface area contributed by atoms with Gasteiger partial charge >= 0.3 is 18.0 Å². The Kier molecular flexibility index (Phi) is 10.4. The fourth-order valence-corrected chi connectivity index (χ4v) is 2.44. The summed E-state index contributed by atoms with van der Waals surface area (Å²) in [5, 5.41) is 2.48. The molecule has 150 valence electrons. The maximum atomic E-state index is 12.1. The van der Waals surface area contributed by atoms with E-state index in [0.29, 0.717) is 17.1 Å². The SMILES string of the molecule is C=C(C)C(=O)OCCNC(=O)OCCSCC(C)(C)C(=O)OC(C)(C)C. The van der Waals surface area contributed by atoms with Gasteiger partial charge in [-0.2, -0.15) is 11.8 Å². The first-order valence-corrected chi connectivity index (χ1v) is 9.55. The fraction of sp³-hybridized carbons (Fsp3) is 0.722. The van der Waals surface area contributed by atoms with E-state index in [0.717, 1.165) is 0 Å². The number of hydrogen-bond acceptors (Lipinski definition) is 7. The van der Waals surface area contributed by atoms with E-state index < -0.39 is 23.1 Å². The van der Waals surface area contributed by atoms with Crippen molar-refractivity contribution in [2.75, 3.05) is 31.3 Å². The first-order valence-electron chi connectivity index (χ1n) is 8.39. The van der Waals surface area contributed by atoms with Crippen LogP contribution < -0.4 is 5.32 Å². The summed E-state index contributed by atoms with van der Waals surface area (Å²) in [4.78, 5) is 34.7. The van der Waals surface area contributed by atoms with Crippen molar-refractivity contribution in [2.24, 2.45) is 5.41 Å². The number of carbonyl (C=O) groups excluding carboxylic acids is 3. The standard InChI is InChI=1S/C18H31NO6S/c1-13(2)14(20)23-9-8-19-16(22)24-10-11-26-12-18(6,7)15(21)25-17(3,4)5/h1,8-12H2,2-7H3,(H,19,22). The Hall–Kier alpha value is -1.70. The summed E-state index contributed by atoms with van der Waals surface area (Å²) in [6.07, 6.45) is -0.580. The van der Waals surface area contributed by atoms with Crippen LogP contribution in [0.15, 0.2) is 12.2 Å². The molecular weight excluding hydrogens is 358 g/mol. The van der Waals surface area contributed by atoms with Gasteiger partial charge in [0.1, 0.15) is 18.8 Å². The van der Waals surface area contributed by atoms with Crippen LogP contribution in [0.1, 0.15) is 41.5 Å². The number of hydrogen-bond donors (Lipinski definition) is 1. The van der Waals surface area contributed by atoms with Gasteiger partial charge in [-0.3, -0.25) is 4.79 Å². The zero-order chi connectivity index (χ0) is 20.4. The van der Waals surface area contributed by atoms with Crippen LogP contribution in [0.5, 0.6) is 0 Å². The van der Waals surface area contributed by atoms with Crippen molar-refractivity contribution >= 4 is 29.8 Å². The monoisotopic (exact) mass is 389 g/mol. The predicted molar refractivity (Wildman–Crippen MR) is 102 cm³/mol. The topological polar surface area (TPSA) is 90.9 Å². The Balaban J connectivity index is 3.85. The van der Waals surface area contributed by atoms with E-state index in [1.165, 1.54) is 11.8 Å². The molecule has 0 spiro atoms. The van der Waals surface area contributed by atoms with Crippen LogP contribution in [0.2, 0.25) is 0 Å². The number of alkyl carbamates (subject to hydrolysis) is 1. The Labute approximate surface area is 160 Å². The number of amides is 1. The Morgan fingerprint density at radius 3 is 2.19 bits per heavy atom. The van der Waals surface area contributed by atoms with Gasteiger partial charge in [-0.05, 0) is 41.5 Å². The maximum absolute atomic E-state index is 12.1. The van der Waals surface area contributed by atoms with Gasteiger partial charge in [0.05, 0.1) is 12.0 Å². The average Bonchev–Trinajstić information content (AvgIpc) is 2.49. The molecule has 0 fully saturated rings.